The molecule has 0 atom stereocenters. The third-order valence-electron chi connectivity index (χ3n) is 4.89. The van der Waals surface area contributed by atoms with E-state index in [4.69, 9.17) is 9.47 Å². The summed E-state index contributed by atoms with van der Waals surface area (Å²) in [6.45, 7) is 10.4. The maximum atomic E-state index is 12.7. The standard InChI is InChI=1S/C21H16N4O6S4/c1-6-10(18(28)23-22-6)20-32-14-12(30-8(3)26)16-17(13(15(14)33-20)31-9(4)27)35-21(34-16)11-7(2)24-25(5)19(11)29/h22,24H,1-2H2,3-5H3,(H,23,28). The maximum absolute atomic E-state index is 12.7. The monoisotopic (exact) mass is 548 g/mol. The highest BCUT2D eigenvalue weighted by Gasteiger charge is 2.38. The van der Waals surface area contributed by atoms with Crippen LogP contribution >= 0.6 is 47.0 Å². The molecule has 35 heavy (non-hydrogen) atoms. The molecule has 0 saturated heterocycles. The number of H-pyrrole nitrogens is 3. The highest BCUT2D eigenvalue weighted by atomic mass is 32.2. The molecule has 0 aliphatic carbocycles. The van der Waals surface area contributed by atoms with E-state index in [2.05, 4.69) is 28.5 Å². The Bertz CT molecular complexity index is 1720. The summed E-state index contributed by atoms with van der Waals surface area (Å²) in [5.74, 6) is -0.538. The van der Waals surface area contributed by atoms with Crippen molar-refractivity contribution in [2.75, 3.05) is 0 Å². The summed E-state index contributed by atoms with van der Waals surface area (Å²) in [5, 5.41) is 9.64. The van der Waals surface area contributed by atoms with Crippen LogP contribution in [-0.4, -0.2) is 31.9 Å². The second kappa shape index (κ2) is 8.62. The molecule has 0 amide bonds. The van der Waals surface area contributed by atoms with Crippen molar-refractivity contribution in [2.24, 2.45) is 7.05 Å². The predicted octanol–water partition coefficient (Wildman–Crippen LogP) is 0.328. The lowest BCUT2D eigenvalue weighted by Crippen LogP contribution is -2.34. The number of aromatic nitrogens is 4. The van der Waals surface area contributed by atoms with Crippen LogP contribution in [0.25, 0.3) is 21.6 Å². The lowest BCUT2D eigenvalue weighted by molar-refractivity contribution is -0.133. The van der Waals surface area contributed by atoms with Gasteiger partial charge in [-0.2, -0.15) is 0 Å². The van der Waals surface area contributed by atoms with Crippen LogP contribution in [0.2, 0.25) is 0 Å². The number of carbonyl (C=O) groups is 2. The van der Waals surface area contributed by atoms with Gasteiger partial charge in [0.25, 0.3) is 11.1 Å². The average molecular weight is 549 g/mol. The molecule has 0 spiro atoms. The van der Waals surface area contributed by atoms with E-state index in [1.54, 1.807) is 7.05 Å². The van der Waals surface area contributed by atoms with Crippen molar-refractivity contribution in [3.63, 3.8) is 0 Å². The van der Waals surface area contributed by atoms with Crippen LogP contribution in [0.15, 0.2) is 29.2 Å². The Balaban J connectivity index is 1.82. The summed E-state index contributed by atoms with van der Waals surface area (Å²) in [6.07, 6.45) is 0. The number of esters is 2. The molecular formula is C21H16N4O6S4. The Hall–Kier alpha value is -2.94. The van der Waals surface area contributed by atoms with E-state index < -0.39 is 11.9 Å². The Morgan fingerprint density at radius 1 is 0.771 bits per heavy atom. The van der Waals surface area contributed by atoms with Gasteiger partial charge in [-0.1, -0.05) is 60.2 Å². The van der Waals surface area contributed by atoms with Gasteiger partial charge in [-0.25, -0.2) is 0 Å². The average Bonchev–Trinajstić information content (AvgIpc) is 3.51. The van der Waals surface area contributed by atoms with Crippen molar-refractivity contribution in [3.05, 3.63) is 41.8 Å². The van der Waals surface area contributed by atoms with Gasteiger partial charge in [-0.3, -0.25) is 39.2 Å². The number of thioether (sulfide) groups is 4. The minimum Gasteiger partial charge on any atom is -0.424 e. The van der Waals surface area contributed by atoms with E-state index in [1.165, 1.54) is 65.6 Å². The van der Waals surface area contributed by atoms with E-state index in [1.807, 2.05) is 0 Å². The summed E-state index contributed by atoms with van der Waals surface area (Å²) in [5.41, 5.74) is -0.610. The van der Waals surface area contributed by atoms with Crippen LogP contribution in [0.1, 0.15) is 13.8 Å². The number of ether oxygens (including phenoxy) is 2. The molecule has 0 bridgehead atoms. The molecule has 0 saturated carbocycles. The molecule has 2 aliphatic rings. The first-order valence-corrected chi connectivity index (χ1v) is 13.1. The molecular weight excluding hydrogens is 533 g/mol. The number of nitrogens with one attached hydrogen (secondary N) is 3. The van der Waals surface area contributed by atoms with E-state index in [0.29, 0.717) is 49.2 Å². The van der Waals surface area contributed by atoms with Crippen LogP contribution in [0, 0.1) is 0 Å². The Kier molecular flexibility index (Phi) is 5.86. The number of rotatable bonds is 2. The number of nitrogens with zero attached hydrogens (tertiary/aromatic N) is 1. The van der Waals surface area contributed by atoms with E-state index in [0.717, 1.165) is 0 Å². The third kappa shape index (κ3) is 3.90. The lowest BCUT2D eigenvalue weighted by Gasteiger charge is -2.15. The van der Waals surface area contributed by atoms with Crippen LogP contribution < -0.4 is 41.7 Å². The van der Waals surface area contributed by atoms with Crippen molar-refractivity contribution in [3.8, 4) is 11.5 Å². The van der Waals surface area contributed by atoms with Gasteiger partial charge in [0.15, 0.2) is 11.5 Å². The normalized spacial score (nSPS) is 14.3. The summed E-state index contributed by atoms with van der Waals surface area (Å²) < 4.78 is 13.8. The number of aryl methyl sites for hydroxylation is 1. The third-order valence-corrected chi connectivity index (χ3v) is 10.1. The smallest absolute Gasteiger partial charge is 0.308 e. The molecule has 0 radical (unpaired) electrons. The van der Waals surface area contributed by atoms with Gasteiger partial charge >= 0.3 is 11.9 Å². The number of aromatic amines is 3. The van der Waals surface area contributed by atoms with Crippen molar-refractivity contribution in [2.45, 2.75) is 33.4 Å². The van der Waals surface area contributed by atoms with Crippen LogP contribution in [0.5, 0.6) is 11.5 Å². The number of hydrogen-bond acceptors (Lipinski definition) is 10. The first-order chi connectivity index (χ1) is 16.6. The van der Waals surface area contributed by atoms with Gasteiger partial charge < -0.3 is 9.47 Å². The lowest BCUT2D eigenvalue weighted by atomic mass is 10.3. The number of benzene rings is 1. The van der Waals surface area contributed by atoms with Gasteiger partial charge in [-0.15, -0.1) is 0 Å². The zero-order valence-corrected chi connectivity index (χ0v) is 21.7. The van der Waals surface area contributed by atoms with Gasteiger partial charge in [0.05, 0.1) is 49.2 Å². The Morgan fingerprint density at radius 2 is 1.23 bits per heavy atom. The second-order valence-electron chi connectivity index (χ2n) is 7.41. The number of hydrogen-bond donors (Lipinski definition) is 3. The fourth-order valence-electron chi connectivity index (χ4n) is 3.51. The zero-order valence-electron chi connectivity index (χ0n) is 18.4. The molecule has 5 rings (SSSR count). The van der Waals surface area contributed by atoms with Crippen LogP contribution in [0.3, 0.4) is 0 Å². The number of carbonyl (C=O) groups excluding carboxylic acids is 2. The van der Waals surface area contributed by atoms with E-state index >= 15 is 0 Å². The Labute approximate surface area is 212 Å². The highest BCUT2D eigenvalue weighted by molar-refractivity contribution is 8.33. The van der Waals surface area contributed by atoms with E-state index in [9.17, 15) is 19.2 Å². The molecule has 2 aliphatic heterocycles. The SMILES string of the molecule is C=c1[nH][nH]c(=O)c1=C1Sc2c(OC(C)=O)c3c(c(OC(C)=O)c2S1)SC(=c1c(=C)[nH]n(C)c1=O)S3. The Morgan fingerprint density at radius 3 is 1.57 bits per heavy atom. The predicted molar refractivity (Wildman–Crippen MR) is 136 cm³/mol. The minimum atomic E-state index is -0.541. The molecule has 3 aromatic rings. The van der Waals surface area contributed by atoms with Gasteiger partial charge in [0.2, 0.25) is 0 Å². The number of fused-ring (bicyclic) bond motifs is 2. The van der Waals surface area contributed by atoms with Crippen molar-refractivity contribution < 1.29 is 19.1 Å². The largest absolute Gasteiger partial charge is 0.424 e. The molecule has 2 aromatic heterocycles. The molecule has 10 nitrogen and oxygen atoms in total. The van der Waals surface area contributed by atoms with Crippen molar-refractivity contribution >= 4 is 80.6 Å². The molecule has 4 heterocycles. The van der Waals surface area contributed by atoms with E-state index in [-0.39, 0.29) is 22.6 Å². The first-order valence-electron chi connectivity index (χ1n) is 9.87. The summed E-state index contributed by atoms with van der Waals surface area (Å²) in [7, 11) is 1.59. The van der Waals surface area contributed by atoms with Crippen LogP contribution in [0.4, 0.5) is 0 Å². The minimum absolute atomic E-state index is 0.262. The zero-order chi connectivity index (χ0) is 25.2. The summed E-state index contributed by atoms with van der Waals surface area (Å²) >= 11 is 4.90. The second-order valence-corrected chi connectivity index (χ2v) is 12.0. The molecule has 3 N–H and O–H groups in total. The van der Waals surface area contributed by atoms with Gasteiger partial charge in [-0.05, 0) is 0 Å². The molecule has 1 aromatic carbocycles. The van der Waals surface area contributed by atoms with Crippen molar-refractivity contribution in [1.29, 1.82) is 0 Å². The summed E-state index contributed by atoms with van der Waals surface area (Å²) in [4.78, 5) is 51.3. The fraction of sp³-hybridized carbons (Fsp3) is 0.143. The fourth-order valence-corrected chi connectivity index (χ4v) is 9.16. The van der Waals surface area contributed by atoms with Crippen LogP contribution in [-0.2, 0) is 16.6 Å². The maximum Gasteiger partial charge on any atom is 0.308 e. The molecule has 0 fully saturated rings. The van der Waals surface area contributed by atoms with Gasteiger partial charge in [0, 0.05) is 20.9 Å². The molecule has 180 valence electrons. The topological polar surface area (TPSA) is 139 Å². The summed E-state index contributed by atoms with van der Waals surface area (Å²) in [6, 6.07) is 0. The highest BCUT2D eigenvalue weighted by Crippen LogP contribution is 2.68. The van der Waals surface area contributed by atoms with Crippen molar-refractivity contribution in [1.82, 2.24) is 20.0 Å². The molecule has 14 heteroatoms. The van der Waals surface area contributed by atoms with Gasteiger partial charge in [0.1, 0.15) is 0 Å². The quantitative estimate of drug-likeness (QED) is 0.303. The molecule has 0 unspecified atom stereocenters. The first kappa shape index (κ1) is 23.8.